The summed E-state index contributed by atoms with van der Waals surface area (Å²) in [5.41, 5.74) is 5.14. The van der Waals surface area contributed by atoms with Crippen molar-refractivity contribution in [2.45, 2.75) is 0 Å². The number of pyridine rings is 1. The van der Waals surface area contributed by atoms with Crippen molar-refractivity contribution in [3.05, 3.63) is 66.0 Å². The molecule has 0 aliphatic rings. The van der Waals surface area contributed by atoms with Crippen molar-refractivity contribution < 1.29 is 9.59 Å². The first-order valence-corrected chi connectivity index (χ1v) is 5.66. The Hall–Kier alpha value is -2.77. The minimum atomic E-state index is -0.303. The molecule has 7 heteroatoms. The monoisotopic (exact) mass is 273 g/mol. The predicted octanol–water partition coefficient (Wildman–Crippen LogP) is -0.0248. The lowest BCUT2D eigenvalue weighted by atomic mass is 10.2. The Kier molecular flexibility index (Phi) is 6.38. The van der Waals surface area contributed by atoms with E-state index in [1.807, 2.05) is 16.9 Å². The fourth-order valence-electron chi connectivity index (χ4n) is 1.26. The quantitative estimate of drug-likeness (QED) is 0.348. The zero-order valence-corrected chi connectivity index (χ0v) is 10.6. The van der Waals surface area contributed by atoms with Crippen molar-refractivity contribution in [3.8, 4) is 0 Å². The van der Waals surface area contributed by atoms with Crippen LogP contribution in [0.25, 0.3) is 0 Å². The van der Waals surface area contributed by atoms with Crippen LogP contribution in [-0.2, 0) is 0 Å². The summed E-state index contributed by atoms with van der Waals surface area (Å²) in [5, 5.41) is 0. The molecule has 0 unspecified atom stereocenters. The molecule has 0 radical (unpaired) electrons. The Morgan fingerprint density at radius 2 is 1.25 bits per heavy atom. The van der Waals surface area contributed by atoms with Crippen LogP contribution in [0.4, 0.5) is 0 Å². The fourth-order valence-corrected chi connectivity index (χ4v) is 1.26. The molecular formula is C13H15N5O2. The highest BCUT2D eigenvalue weighted by Gasteiger charge is 1.99. The first-order valence-electron chi connectivity index (χ1n) is 5.66. The second kappa shape index (κ2) is 8.35. The van der Waals surface area contributed by atoms with Crippen LogP contribution in [0.5, 0.6) is 0 Å². The van der Waals surface area contributed by atoms with Crippen molar-refractivity contribution in [2.24, 2.45) is 11.7 Å². The normalized spacial score (nSPS) is 8.90. The molecule has 0 bridgehead atoms. The third kappa shape index (κ3) is 4.84. The lowest BCUT2D eigenvalue weighted by molar-refractivity contribution is 0.0945. The van der Waals surface area contributed by atoms with Gasteiger partial charge in [-0.15, -0.1) is 0 Å². The molecule has 0 atom stereocenters. The molecule has 0 spiro atoms. The second-order valence-electron chi connectivity index (χ2n) is 3.55. The SMILES string of the molecule is NNC(=O)c1ccccc1.NNC(=O)c1ccncc1. The maximum Gasteiger partial charge on any atom is 0.265 e. The van der Waals surface area contributed by atoms with E-state index in [-0.39, 0.29) is 11.8 Å². The average molecular weight is 273 g/mol. The standard InChI is InChI=1S/C7H8N2O.C6H7N3O/c8-9-7(10)6-4-2-1-3-5-6;7-9-6(10)5-1-3-8-4-2-5/h1-5H,8H2,(H,9,10);1-4H,7H2,(H,9,10). The average Bonchev–Trinajstić information content (AvgIpc) is 2.55. The van der Waals surface area contributed by atoms with Crippen molar-refractivity contribution >= 4 is 11.8 Å². The molecule has 20 heavy (non-hydrogen) atoms. The molecule has 104 valence electrons. The number of hydrogen-bond donors (Lipinski definition) is 4. The molecule has 0 saturated carbocycles. The first-order chi connectivity index (χ1) is 9.69. The fraction of sp³-hybridized carbons (Fsp3) is 0. The smallest absolute Gasteiger partial charge is 0.265 e. The van der Waals surface area contributed by atoms with E-state index in [2.05, 4.69) is 4.98 Å². The van der Waals surface area contributed by atoms with Crippen molar-refractivity contribution in [1.82, 2.24) is 15.8 Å². The zero-order valence-electron chi connectivity index (χ0n) is 10.6. The second-order valence-corrected chi connectivity index (χ2v) is 3.55. The van der Waals surface area contributed by atoms with Crippen LogP contribution in [0.3, 0.4) is 0 Å². The van der Waals surface area contributed by atoms with Gasteiger partial charge >= 0.3 is 0 Å². The molecule has 6 N–H and O–H groups in total. The summed E-state index contributed by atoms with van der Waals surface area (Å²) in [7, 11) is 0. The number of amides is 2. The van der Waals surface area contributed by atoms with E-state index in [0.717, 1.165) is 0 Å². The van der Waals surface area contributed by atoms with Gasteiger partial charge in [-0.2, -0.15) is 0 Å². The van der Waals surface area contributed by atoms with E-state index < -0.39 is 0 Å². The van der Waals surface area contributed by atoms with Crippen molar-refractivity contribution in [1.29, 1.82) is 0 Å². The number of benzene rings is 1. The highest BCUT2D eigenvalue weighted by molar-refractivity contribution is 5.93. The molecule has 0 aliphatic heterocycles. The van der Waals surface area contributed by atoms with E-state index in [1.165, 1.54) is 12.4 Å². The number of nitrogens with two attached hydrogens (primary N) is 2. The number of rotatable bonds is 2. The summed E-state index contributed by atoms with van der Waals surface area (Å²) in [6, 6.07) is 12.0. The van der Waals surface area contributed by atoms with Gasteiger partial charge in [0.25, 0.3) is 11.8 Å². The number of carbonyl (C=O) groups is 2. The number of nitrogens with zero attached hydrogens (tertiary/aromatic N) is 1. The highest BCUT2D eigenvalue weighted by Crippen LogP contribution is 1.96. The van der Waals surface area contributed by atoms with Crippen LogP contribution in [-0.4, -0.2) is 16.8 Å². The Morgan fingerprint density at radius 3 is 1.70 bits per heavy atom. The molecular weight excluding hydrogens is 258 g/mol. The minimum absolute atomic E-state index is 0.263. The number of nitrogens with one attached hydrogen (secondary N) is 2. The largest absolute Gasteiger partial charge is 0.290 e. The summed E-state index contributed by atoms with van der Waals surface area (Å²) in [6.07, 6.45) is 3.06. The van der Waals surface area contributed by atoms with Gasteiger partial charge in [0.1, 0.15) is 0 Å². The molecule has 1 heterocycles. The molecule has 0 saturated heterocycles. The van der Waals surface area contributed by atoms with Gasteiger partial charge in [-0.3, -0.25) is 25.4 Å². The number of hydrazine groups is 2. The highest BCUT2D eigenvalue weighted by atomic mass is 16.2. The molecule has 0 fully saturated rings. The first kappa shape index (κ1) is 15.3. The molecule has 7 nitrogen and oxygen atoms in total. The van der Waals surface area contributed by atoms with Gasteiger partial charge in [0, 0.05) is 23.5 Å². The zero-order chi connectivity index (χ0) is 14.8. The van der Waals surface area contributed by atoms with Crippen LogP contribution in [0.15, 0.2) is 54.9 Å². The molecule has 1 aromatic carbocycles. The van der Waals surface area contributed by atoms with Crippen LogP contribution >= 0.6 is 0 Å². The Bertz CT molecular complexity index is 494. The summed E-state index contributed by atoms with van der Waals surface area (Å²) < 4.78 is 0. The van der Waals surface area contributed by atoms with Gasteiger partial charge in [0.2, 0.25) is 0 Å². The van der Waals surface area contributed by atoms with Gasteiger partial charge in [-0.25, -0.2) is 11.7 Å². The third-order valence-electron chi connectivity index (χ3n) is 2.24. The Morgan fingerprint density at radius 1 is 0.800 bits per heavy atom. The number of aromatic nitrogens is 1. The number of hydrogen-bond acceptors (Lipinski definition) is 5. The van der Waals surface area contributed by atoms with Crippen LogP contribution in [0, 0.1) is 0 Å². The van der Waals surface area contributed by atoms with E-state index >= 15 is 0 Å². The summed E-state index contributed by atoms with van der Waals surface area (Å²) in [4.78, 5) is 25.3. The summed E-state index contributed by atoms with van der Waals surface area (Å²) in [5.74, 6) is 9.22. The maximum atomic E-state index is 10.8. The van der Waals surface area contributed by atoms with E-state index in [9.17, 15) is 9.59 Å². The van der Waals surface area contributed by atoms with Crippen molar-refractivity contribution in [3.63, 3.8) is 0 Å². The summed E-state index contributed by atoms with van der Waals surface area (Å²) in [6.45, 7) is 0. The molecule has 1 aromatic heterocycles. The van der Waals surface area contributed by atoms with Gasteiger partial charge in [0.05, 0.1) is 0 Å². The number of carbonyl (C=O) groups excluding carboxylic acids is 2. The van der Waals surface area contributed by atoms with Crippen LogP contribution in [0.2, 0.25) is 0 Å². The molecule has 2 amide bonds. The van der Waals surface area contributed by atoms with E-state index in [0.29, 0.717) is 11.1 Å². The van der Waals surface area contributed by atoms with Crippen molar-refractivity contribution in [2.75, 3.05) is 0 Å². The van der Waals surface area contributed by atoms with Gasteiger partial charge in [-0.05, 0) is 24.3 Å². The van der Waals surface area contributed by atoms with E-state index in [1.54, 1.807) is 36.4 Å². The van der Waals surface area contributed by atoms with Crippen LogP contribution in [0.1, 0.15) is 20.7 Å². The van der Waals surface area contributed by atoms with Gasteiger partial charge < -0.3 is 0 Å². The van der Waals surface area contributed by atoms with Gasteiger partial charge in [0.15, 0.2) is 0 Å². The lowest BCUT2D eigenvalue weighted by Crippen LogP contribution is -2.29. The topological polar surface area (TPSA) is 123 Å². The molecule has 2 rings (SSSR count). The summed E-state index contributed by atoms with van der Waals surface area (Å²) >= 11 is 0. The van der Waals surface area contributed by atoms with E-state index in [4.69, 9.17) is 11.7 Å². The maximum absolute atomic E-state index is 10.8. The lowest BCUT2D eigenvalue weighted by Gasteiger charge is -1.95. The molecule has 2 aromatic rings. The predicted molar refractivity (Wildman–Crippen MR) is 74.0 cm³/mol. The molecule has 0 aliphatic carbocycles. The minimum Gasteiger partial charge on any atom is -0.290 e. The third-order valence-corrected chi connectivity index (χ3v) is 2.24. The Balaban J connectivity index is 0.000000200. The Labute approximate surface area is 115 Å². The van der Waals surface area contributed by atoms with Crippen LogP contribution < -0.4 is 22.5 Å². The number of nitrogen functional groups attached to an aromatic ring is 2. The van der Waals surface area contributed by atoms with Gasteiger partial charge in [-0.1, -0.05) is 18.2 Å².